The van der Waals surface area contributed by atoms with Crippen LogP contribution in [0.15, 0.2) is 23.0 Å². The molecule has 2 aromatic heterocycles. The lowest BCUT2D eigenvalue weighted by Gasteiger charge is -2.06. The predicted molar refractivity (Wildman–Crippen MR) is 120 cm³/mol. The number of esters is 1. The molecule has 10 heteroatoms. The zero-order valence-corrected chi connectivity index (χ0v) is 19.0. The third kappa shape index (κ3) is 5.07. The molecule has 3 rings (SSSR count). The van der Waals surface area contributed by atoms with Gasteiger partial charge in [-0.3, -0.25) is 4.79 Å². The average Bonchev–Trinajstić information content (AvgIpc) is 3.10. The van der Waals surface area contributed by atoms with Crippen molar-refractivity contribution in [3.05, 3.63) is 50.4 Å². The number of halogens is 1. The molecule has 0 saturated heterocycles. The highest BCUT2D eigenvalue weighted by molar-refractivity contribution is 7.20. The van der Waals surface area contributed by atoms with Crippen LogP contribution < -0.4 is 15.0 Å². The van der Waals surface area contributed by atoms with Gasteiger partial charge >= 0.3 is 5.97 Å². The normalized spacial score (nSPS) is 11.6. The topological polar surface area (TPSA) is 99.7 Å². The molecular weight excluding hydrogens is 444 g/mol. The Balaban J connectivity index is 1.99. The smallest absolute Gasteiger partial charge is 0.348 e. The van der Waals surface area contributed by atoms with Crippen molar-refractivity contribution in [1.29, 1.82) is 0 Å². The van der Waals surface area contributed by atoms with E-state index in [0.717, 1.165) is 11.3 Å². The van der Waals surface area contributed by atoms with E-state index in [9.17, 15) is 9.59 Å². The Bertz CT molecular complexity index is 1180. The van der Waals surface area contributed by atoms with E-state index in [0.29, 0.717) is 37.7 Å². The van der Waals surface area contributed by atoms with E-state index >= 15 is 0 Å². The second-order valence-corrected chi connectivity index (χ2v) is 7.82. The Morgan fingerprint density at radius 1 is 1.16 bits per heavy atom. The van der Waals surface area contributed by atoms with Crippen LogP contribution in [0.5, 0.6) is 11.5 Å². The van der Waals surface area contributed by atoms with Gasteiger partial charge in [0.1, 0.15) is 27.8 Å². The molecule has 0 radical (unpaired) electrons. The minimum atomic E-state index is -0.524. The summed E-state index contributed by atoms with van der Waals surface area (Å²) in [7, 11) is 4.62. The Morgan fingerprint density at radius 3 is 2.45 bits per heavy atom. The van der Waals surface area contributed by atoms with E-state index < -0.39 is 5.97 Å². The largest absolute Gasteiger partial charge is 0.497 e. The van der Waals surface area contributed by atoms with Crippen molar-refractivity contribution >= 4 is 50.2 Å². The highest BCUT2D eigenvalue weighted by Crippen LogP contribution is 2.30. The molecule has 0 atom stereocenters. The Morgan fingerprint density at radius 2 is 1.84 bits per heavy atom. The van der Waals surface area contributed by atoms with Crippen LogP contribution in [0.4, 0.5) is 0 Å². The van der Waals surface area contributed by atoms with Gasteiger partial charge < -0.3 is 23.9 Å². The maximum absolute atomic E-state index is 12.7. The molecule has 0 aliphatic heterocycles. The number of rotatable bonds is 8. The lowest BCUT2D eigenvalue weighted by atomic mass is 10.2. The maximum Gasteiger partial charge on any atom is 0.348 e. The summed E-state index contributed by atoms with van der Waals surface area (Å²) in [5.74, 6) is 0.847. The number of carbonyl (C=O) groups excluding carboxylic acids is 1. The first-order valence-electron chi connectivity index (χ1n) is 9.18. The standard InChI is InChI=1S/C21H21ClN2O6S/c1-11-16-19(25)23-18(24-20(16)31-17(11)21(26)30-6-5-27-2)15(22)9-12-7-13(28-3)10-14(8-12)29-4/h7-10H,5-6H2,1-4H3,(H,23,24,25)/b15-9-. The molecule has 1 aromatic carbocycles. The fraction of sp³-hybridized carbons (Fsp3) is 0.286. The van der Waals surface area contributed by atoms with Gasteiger partial charge in [0, 0.05) is 13.2 Å². The van der Waals surface area contributed by atoms with E-state index in [1.807, 2.05) is 0 Å². The number of nitrogens with zero attached hydrogens (tertiary/aromatic N) is 1. The predicted octanol–water partition coefficient (Wildman–Crippen LogP) is 3.85. The molecule has 0 fully saturated rings. The van der Waals surface area contributed by atoms with Crippen LogP contribution in [0.1, 0.15) is 26.6 Å². The quantitative estimate of drug-likeness (QED) is 0.399. The van der Waals surface area contributed by atoms with Crippen LogP contribution in [0, 0.1) is 6.92 Å². The molecule has 0 bridgehead atoms. The van der Waals surface area contributed by atoms with E-state index in [-0.39, 0.29) is 29.6 Å². The SMILES string of the molecule is COCCOC(=O)c1sc2nc(/C(Cl)=C/c3cc(OC)cc(OC)c3)[nH]c(=O)c2c1C. The minimum absolute atomic E-state index is 0.122. The van der Waals surface area contributed by atoms with Gasteiger partial charge in [0.25, 0.3) is 5.56 Å². The molecule has 1 N–H and O–H groups in total. The van der Waals surface area contributed by atoms with Gasteiger partial charge in [-0.15, -0.1) is 11.3 Å². The number of benzene rings is 1. The zero-order valence-electron chi connectivity index (χ0n) is 17.4. The van der Waals surface area contributed by atoms with Gasteiger partial charge in [-0.25, -0.2) is 9.78 Å². The maximum atomic E-state index is 12.7. The highest BCUT2D eigenvalue weighted by atomic mass is 35.5. The number of aryl methyl sites for hydroxylation is 1. The van der Waals surface area contributed by atoms with E-state index in [1.54, 1.807) is 45.4 Å². The number of methoxy groups -OCH3 is 3. The summed E-state index contributed by atoms with van der Waals surface area (Å²) in [6.45, 7) is 2.09. The molecule has 3 aromatic rings. The molecule has 0 unspecified atom stereocenters. The van der Waals surface area contributed by atoms with Crippen molar-refractivity contribution in [1.82, 2.24) is 9.97 Å². The number of nitrogens with one attached hydrogen (secondary N) is 1. The van der Waals surface area contributed by atoms with E-state index in [1.165, 1.54) is 7.11 Å². The molecule has 0 aliphatic rings. The summed E-state index contributed by atoms with van der Waals surface area (Å²) in [4.78, 5) is 32.9. The summed E-state index contributed by atoms with van der Waals surface area (Å²) >= 11 is 7.53. The number of hydrogen-bond donors (Lipinski definition) is 1. The number of hydrogen-bond acceptors (Lipinski definition) is 8. The number of aromatic amines is 1. The van der Waals surface area contributed by atoms with Crippen LogP contribution >= 0.6 is 22.9 Å². The van der Waals surface area contributed by atoms with Gasteiger partial charge in [0.15, 0.2) is 5.82 Å². The van der Waals surface area contributed by atoms with Gasteiger partial charge in [0.05, 0.1) is 31.2 Å². The fourth-order valence-electron chi connectivity index (χ4n) is 2.86. The Labute approximate surface area is 187 Å². The number of thiophene rings is 1. The second-order valence-electron chi connectivity index (χ2n) is 6.42. The number of fused-ring (bicyclic) bond motifs is 1. The lowest BCUT2D eigenvalue weighted by Crippen LogP contribution is -2.11. The first kappa shape index (κ1) is 22.8. The third-order valence-electron chi connectivity index (χ3n) is 4.40. The van der Waals surface area contributed by atoms with E-state index in [2.05, 4.69) is 9.97 Å². The Kier molecular flexibility index (Phi) is 7.32. The number of aromatic nitrogens is 2. The van der Waals surface area contributed by atoms with Gasteiger partial charge in [-0.05, 0) is 36.3 Å². The Hall–Kier alpha value is -2.88. The minimum Gasteiger partial charge on any atom is -0.497 e. The molecule has 0 spiro atoms. The fourth-order valence-corrected chi connectivity index (χ4v) is 4.15. The van der Waals surface area contributed by atoms with Crippen molar-refractivity contribution in [2.75, 3.05) is 34.5 Å². The summed E-state index contributed by atoms with van der Waals surface area (Å²) in [5, 5.41) is 0.546. The molecule has 164 valence electrons. The summed E-state index contributed by atoms with van der Waals surface area (Å²) < 4.78 is 20.6. The summed E-state index contributed by atoms with van der Waals surface area (Å²) in [6, 6.07) is 5.27. The zero-order chi connectivity index (χ0) is 22.5. The van der Waals surface area contributed by atoms with Crippen molar-refractivity contribution in [2.24, 2.45) is 0 Å². The van der Waals surface area contributed by atoms with Crippen molar-refractivity contribution in [2.45, 2.75) is 6.92 Å². The first-order valence-corrected chi connectivity index (χ1v) is 10.4. The first-order chi connectivity index (χ1) is 14.9. The second kappa shape index (κ2) is 9.95. The van der Waals surface area contributed by atoms with Gasteiger partial charge in [-0.1, -0.05) is 11.6 Å². The van der Waals surface area contributed by atoms with E-state index in [4.69, 9.17) is 30.5 Å². The van der Waals surface area contributed by atoms with Crippen LogP contribution in [0.25, 0.3) is 21.3 Å². The van der Waals surface area contributed by atoms with Crippen LogP contribution in [-0.4, -0.2) is 50.5 Å². The average molecular weight is 465 g/mol. The lowest BCUT2D eigenvalue weighted by molar-refractivity contribution is 0.0393. The number of ether oxygens (including phenoxy) is 4. The molecule has 0 saturated carbocycles. The van der Waals surface area contributed by atoms with Gasteiger partial charge in [0.2, 0.25) is 0 Å². The van der Waals surface area contributed by atoms with Crippen LogP contribution in [-0.2, 0) is 9.47 Å². The molecule has 2 heterocycles. The monoisotopic (exact) mass is 464 g/mol. The highest BCUT2D eigenvalue weighted by Gasteiger charge is 2.21. The molecule has 31 heavy (non-hydrogen) atoms. The van der Waals surface area contributed by atoms with Crippen molar-refractivity contribution in [3.8, 4) is 11.5 Å². The number of carbonyl (C=O) groups is 1. The summed E-state index contributed by atoms with van der Waals surface area (Å²) in [5.41, 5.74) is 0.827. The molecule has 8 nitrogen and oxygen atoms in total. The summed E-state index contributed by atoms with van der Waals surface area (Å²) in [6.07, 6.45) is 1.64. The van der Waals surface area contributed by atoms with Crippen molar-refractivity contribution in [3.63, 3.8) is 0 Å². The third-order valence-corrected chi connectivity index (χ3v) is 5.85. The van der Waals surface area contributed by atoms with Crippen LogP contribution in [0.3, 0.4) is 0 Å². The van der Waals surface area contributed by atoms with Crippen LogP contribution in [0.2, 0.25) is 0 Å². The molecule has 0 aliphatic carbocycles. The van der Waals surface area contributed by atoms with Crippen molar-refractivity contribution < 1.29 is 23.7 Å². The molecule has 0 amide bonds. The molecular formula is C21H21ClN2O6S. The van der Waals surface area contributed by atoms with Gasteiger partial charge in [-0.2, -0.15) is 0 Å². The number of H-pyrrole nitrogens is 1.